The highest BCUT2D eigenvalue weighted by Crippen LogP contribution is 2.36. The second-order valence-electron chi connectivity index (χ2n) is 7.40. The van der Waals surface area contributed by atoms with Crippen LogP contribution in [-0.2, 0) is 0 Å². The van der Waals surface area contributed by atoms with Crippen LogP contribution in [0.1, 0.15) is 0 Å². The second-order valence-corrected chi connectivity index (χ2v) is 7.40. The summed E-state index contributed by atoms with van der Waals surface area (Å²) in [4.78, 5) is 8.23. The highest BCUT2D eigenvalue weighted by atomic mass is 16.3. The lowest BCUT2D eigenvalue weighted by atomic mass is 10.0. The molecule has 4 heteroatoms. The normalized spacial score (nSPS) is 12.1. The average molecular weight is 373 g/mol. The molecule has 4 nitrogen and oxygen atoms in total. The number of imidazole rings is 2. The summed E-state index contributed by atoms with van der Waals surface area (Å²) in [7, 11) is 0. The number of nitrogens with one attached hydrogen (secondary N) is 1. The number of nitrogens with zero attached hydrogens (tertiary/aromatic N) is 2. The van der Waals surface area contributed by atoms with Gasteiger partial charge in [0.2, 0.25) is 5.78 Å². The first-order chi connectivity index (χ1) is 14.4. The molecule has 7 aromatic rings. The topological polar surface area (TPSA) is 46.2 Å². The van der Waals surface area contributed by atoms with Gasteiger partial charge in [-0.2, -0.15) is 0 Å². The minimum Gasteiger partial charge on any atom is -0.456 e. The minimum atomic E-state index is 0.864. The smallest absolute Gasteiger partial charge is 0.213 e. The van der Waals surface area contributed by atoms with E-state index in [2.05, 4.69) is 70.0 Å². The van der Waals surface area contributed by atoms with Crippen LogP contribution in [0.4, 0.5) is 0 Å². The first kappa shape index (κ1) is 14.9. The highest BCUT2D eigenvalue weighted by Gasteiger charge is 2.15. The number of hydrogen-bond donors (Lipinski definition) is 1. The first-order valence-corrected chi connectivity index (χ1v) is 9.66. The molecule has 0 unspecified atom stereocenters. The maximum Gasteiger partial charge on any atom is 0.213 e. The molecule has 7 rings (SSSR count). The fourth-order valence-electron chi connectivity index (χ4n) is 4.47. The number of aromatic amines is 1. The Morgan fingerprint density at radius 1 is 0.759 bits per heavy atom. The van der Waals surface area contributed by atoms with Crippen LogP contribution in [0.5, 0.6) is 0 Å². The Morgan fingerprint density at radius 2 is 1.62 bits per heavy atom. The average Bonchev–Trinajstić information content (AvgIpc) is 3.42. The van der Waals surface area contributed by atoms with E-state index in [-0.39, 0.29) is 0 Å². The van der Waals surface area contributed by atoms with Crippen molar-refractivity contribution in [2.24, 2.45) is 0 Å². The number of rotatable bonds is 1. The molecule has 1 N–H and O–H groups in total. The molecule has 0 saturated heterocycles. The van der Waals surface area contributed by atoms with Crippen LogP contribution in [0, 0.1) is 0 Å². The molecule has 0 amide bonds. The van der Waals surface area contributed by atoms with E-state index in [1.165, 1.54) is 5.56 Å². The Labute approximate surface area is 165 Å². The van der Waals surface area contributed by atoms with Crippen molar-refractivity contribution in [1.82, 2.24) is 14.4 Å². The highest BCUT2D eigenvalue weighted by molar-refractivity contribution is 6.07. The predicted molar refractivity (Wildman–Crippen MR) is 117 cm³/mol. The molecule has 0 saturated carbocycles. The van der Waals surface area contributed by atoms with Gasteiger partial charge in [0, 0.05) is 16.3 Å². The van der Waals surface area contributed by atoms with Crippen molar-refractivity contribution in [2.45, 2.75) is 0 Å². The van der Waals surface area contributed by atoms with E-state index in [1.807, 2.05) is 24.3 Å². The second kappa shape index (κ2) is 5.26. The van der Waals surface area contributed by atoms with Gasteiger partial charge in [0.25, 0.3) is 0 Å². The van der Waals surface area contributed by atoms with E-state index in [1.54, 1.807) is 0 Å². The van der Waals surface area contributed by atoms with Gasteiger partial charge < -0.3 is 9.40 Å². The molecule has 4 aromatic carbocycles. The third-order valence-corrected chi connectivity index (χ3v) is 5.75. The monoisotopic (exact) mass is 373 g/mol. The van der Waals surface area contributed by atoms with Gasteiger partial charge in [0.1, 0.15) is 11.2 Å². The molecule has 136 valence electrons. The summed E-state index contributed by atoms with van der Waals surface area (Å²) in [6, 6.07) is 29.2. The lowest BCUT2D eigenvalue weighted by molar-refractivity contribution is 0.669. The first-order valence-electron chi connectivity index (χ1n) is 9.66. The van der Waals surface area contributed by atoms with Crippen LogP contribution in [0.3, 0.4) is 0 Å². The van der Waals surface area contributed by atoms with Crippen molar-refractivity contribution in [3.63, 3.8) is 0 Å². The maximum absolute atomic E-state index is 6.01. The maximum atomic E-state index is 6.01. The molecule has 0 bridgehead atoms. The molecule has 0 aliphatic carbocycles. The molecule has 0 radical (unpaired) electrons. The van der Waals surface area contributed by atoms with Crippen molar-refractivity contribution in [1.29, 1.82) is 0 Å². The summed E-state index contributed by atoms with van der Waals surface area (Å²) in [6.45, 7) is 0. The number of hydrogen-bond acceptors (Lipinski definition) is 2. The molecule has 29 heavy (non-hydrogen) atoms. The van der Waals surface area contributed by atoms with Crippen molar-refractivity contribution < 1.29 is 4.42 Å². The van der Waals surface area contributed by atoms with Crippen LogP contribution in [0.25, 0.3) is 60.9 Å². The summed E-state index contributed by atoms with van der Waals surface area (Å²) in [6.07, 6.45) is 0. The summed E-state index contributed by atoms with van der Waals surface area (Å²) >= 11 is 0. The standard InChI is InChI=1S/C25H15N3O/c1-4-11-22-17(6-1)18-14-15(12-13-23(18)29-22)16-7-5-9-20-24(16)28-21-10-3-2-8-19(21)26-25(28)27-20/h1-14H,(H,26,27). The molecule has 3 heterocycles. The van der Waals surface area contributed by atoms with E-state index < -0.39 is 0 Å². The zero-order chi connectivity index (χ0) is 18.9. The number of H-pyrrole nitrogens is 1. The molecule has 0 aliphatic rings. The summed E-state index contributed by atoms with van der Waals surface area (Å²) in [5, 5.41) is 2.28. The van der Waals surface area contributed by atoms with E-state index in [9.17, 15) is 0 Å². The van der Waals surface area contributed by atoms with Gasteiger partial charge in [-0.15, -0.1) is 0 Å². The van der Waals surface area contributed by atoms with Crippen molar-refractivity contribution >= 4 is 49.8 Å². The van der Waals surface area contributed by atoms with Crippen LogP contribution >= 0.6 is 0 Å². The molecule has 3 aromatic heterocycles. The van der Waals surface area contributed by atoms with Crippen molar-refractivity contribution in [2.75, 3.05) is 0 Å². The lowest BCUT2D eigenvalue weighted by Gasteiger charge is -2.05. The molecular weight excluding hydrogens is 358 g/mol. The van der Waals surface area contributed by atoms with Gasteiger partial charge in [-0.25, -0.2) is 4.98 Å². The Morgan fingerprint density at radius 3 is 2.62 bits per heavy atom. The van der Waals surface area contributed by atoms with Crippen molar-refractivity contribution in [3.8, 4) is 11.1 Å². The summed E-state index contributed by atoms with van der Waals surface area (Å²) in [5.74, 6) is 0.864. The third-order valence-electron chi connectivity index (χ3n) is 5.75. The van der Waals surface area contributed by atoms with E-state index in [0.717, 1.165) is 55.3 Å². The van der Waals surface area contributed by atoms with Crippen LogP contribution in [-0.4, -0.2) is 14.4 Å². The SMILES string of the molecule is c1ccc2c(c1)nc1[nH]c3cccc(-c4ccc5oc6ccccc6c5c4)c3n12. The largest absolute Gasteiger partial charge is 0.456 e. The zero-order valence-electron chi connectivity index (χ0n) is 15.4. The number of benzene rings is 4. The Hall–Kier alpha value is -4.05. The van der Waals surface area contributed by atoms with Crippen LogP contribution in [0.2, 0.25) is 0 Å². The van der Waals surface area contributed by atoms with E-state index in [0.29, 0.717) is 0 Å². The number of furan rings is 1. The minimum absolute atomic E-state index is 0.864. The Balaban J connectivity index is 1.60. The number of para-hydroxylation sites is 4. The predicted octanol–water partition coefficient (Wildman–Crippen LogP) is 6.54. The van der Waals surface area contributed by atoms with Crippen LogP contribution < -0.4 is 0 Å². The fourth-order valence-corrected chi connectivity index (χ4v) is 4.47. The molecule has 0 atom stereocenters. The Bertz CT molecular complexity index is 1710. The molecular formula is C25H15N3O. The van der Waals surface area contributed by atoms with Gasteiger partial charge >= 0.3 is 0 Å². The van der Waals surface area contributed by atoms with E-state index in [4.69, 9.17) is 9.40 Å². The van der Waals surface area contributed by atoms with Gasteiger partial charge in [0.05, 0.1) is 22.1 Å². The molecule has 0 spiro atoms. The quantitative estimate of drug-likeness (QED) is 0.355. The fraction of sp³-hybridized carbons (Fsp3) is 0. The summed E-state index contributed by atoms with van der Waals surface area (Å²) in [5.41, 5.74) is 8.48. The molecule has 0 fully saturated rings. The number of aromatic nitrogens is 3. The zero-order valence-corrected chi connectivity index (χ0v) is 15.4. The number of fused-ring (bicyclic) bond motifs is 8. The van der Waals surface area contributed by atoms with E-state index >= 15 is 0 Å². The van der Waals surface area contributed by atoms with Crippen molar-refractivity contribution in [3.05, 3.63) is 84.9 Å². The van der Waals surface area contributed by atoms with Gasteiger partial charge in [-0.1, -0.05) is 48.5 Å². The van der Waals surface area contributed by atoms with Gasteiger partial charge in [-0.05, 0) is 42.0 Å². The molecule has 0 aliphatic heterocycles. The summed E-state index contributed by atoms with van der Waals surface area (Å²) < 4.78 is 8.23. The van der Waals surface area contributed by atoms with Crippen LogP contribution in [0.15, 0.2) is 89.3 Å². The lowest BCUT2D eigenvalue weighted by Crippen LogP contribution is -1.86. The third kappa shape index (κ3) is 1.95. The Kier molecular flexibility index (Phi) is 2.71. The van der Waals surface area contributed by atoms with Gasteiger partial charge in [0.15, 0.2) is 0 Å². The van der Waals surface area contributed by atoms with Gasteiger partial charge in [-0.3, -0.25) is 4.40 Å².